The monoisotopic (exact) mass is 251 g/mol. The number of hydrogen-bond acceptors (Lipinski definition) is 4. The maximum atomic E-state index is 11.6. The highest BCUT2D eigenvalue weighted by molar-refractivity contribution is 5.82. The molecule has 0 N–H and O–H groups in total. The third-order valence-corrected chi connectivity index (χ3v) is 2.90. The lowest BCUT2D eigenvalue weighted by molar-refractivity contribution is -0.384. The number of nitro groups is 1. The molecule has 1 aromatic carbocycles. The summed E-state index contributed by atoms with van der Waals surface area (Å²) in [5.74, 6) is 0.524. The lowest BCUT2D eigenvalue weighted by Gasteiger charge is -2.10. The zero-order valence-electron chi connectivity index (χ0n) is 10.8. The van der Waals surface area contributed by atoms with Gasteiger partial charge in [-0.2, -0.15) is 0 Å². The van der Waals surface area contributed by atoms with E-state index >= 15 is 0 Å². The molecule has 0 fully saturated rings. The van der Waals surface area contributed by atoms with Gasteiger partial charge in [0.05, 0.1) is 4.92 Å². The van der Waals surface area contributed by atoms with Gasteiger partial charge < -0.3 is 4.74 Å². The lowest BCUT2D eigenvalue weighted by atomic mass is 10.0. The Kier molecular flexibility index (Phi) is 4.83. The predicted molar refractivity (Wildman–Crippen MR) is 67.8 cm³/mol. The number of hydrogen-bond donors (Lipinski definition) is 0. The molecule has 5 heteroatoms. The van der Waals surface area contributed by atoms with E-state index < -0.39 is 4.92 Å². The van der Waals surface area contributed by atoms with E-state index in [-0.39, 0.29) is 24.0 Å². The van der Waals surface area contributed by atoms with Gasteiger partial charge in [0.25, 0.3) is 5.69 Å². The molecular weight excluding hydrogens is 234 g/mol. The first-order chi connectivity index (χ1) is 8.45. The molecule has 0 amide bonds. The van der Waals surface area contributed by atoms with Gasteiger partial charge in [0.15, 0.2) is 5.78 Å². The van der Waals surface area contributed by atoms with E-state index in [9.17, 15) is 14.9 Å². The van der Waals surface area contributed by atoms with E-state index in [1.54, 1.807) is 6.92 Å². The number of carbonyl (C=O) groups is 1. The SMILES string of the molecule is CCC(C)C(=O)COc1ccc([N+](=O)[O-])cc1C. The van der Waals surface area contributed by atoms with Crippen molar-refractivity contribution in [3.05, 3.63) is 33.9 Å². The van der Waals surface area contributed by atoms with Crippen molar-refractivity contribution < 1.29 is 14.5 Å². The molecule has 0 saturated carbocycles. The predicted octanol–water partition coefficient (Wildman–Crippen LogP) is 2.90. The molecule has 0 heterocycles. The van der Waals surface area contributed by atoms with Crippen molar-refractivity contribution >= 4 is 11.5 Å². The van der Waals surface area contributed by atoms with Crippen LogP contribution in [0, 0.1) is 23.0 Å². The van der Waals surface area contributed by atoms with Crippen LogP contribution >= 0.6 is 0 Å². The summed E-state index contributed by atoms with van der Waals surface area (Å²) in [5.41, 5.74) is 0.675. The molecule has 18 heavy (non-hydrogen) atoms. The molecule has 1 unspecified atom stereocenters. The van der Waals surface area contributed by atoms with Gasteiger partial charge in [-0.25, -0.2) is 0 Å². The van der Waals surface area contributed by atoms with Crippen molar-refractivity contribution in [3.8, 4) is 5.75 Å². The number of Topliss-reactive ketones (excluding diaryl/α,β-unsaturated/α-hetero) is 1. The molecule has 0 bridgehead atoms. The molecule has 1 rings (SSSR count). The minimum Gasteiger partial charge on any atom is -0.486 e. The molecule has 0 spiro atoms. The van der Waals surface area contributed by atoms with E-state index in [1.807, 2.05) is 13.8 Å². The Morgan fingerprint density at radius 3 is 2.67 bits per heavy atom. The maximum absolute atomic E-state index is 11.6. The Labute approximate surface area is 106 Å². The molecule has 5 nitrogen and oxygen atoms in total. The molecule has 0 radical (unpaired) electrons. The van der Waals surface area contributed by atoms with Crippen molar-refractivity contribution in [2.75, 3.05) is 6.61 Å². The third kappa shape index (κ3) is 3.55. The summed E-state index contributed by atoms with van der Waals surface area (Å²) in [4.78, 5) is 21.7. The Bertz CT molecular complexity index is 456. The number of aryl methyl sites for hydroxylation is 1. The van der Waals surface area contributed by atoms with Crippen LogP contribution in [0.2, 0.25) is 0 Å². The summed E-state index contributed by atoms with van der Waals surface area (Å²) < 4.78 is 5.38. The van der Waals surface area contributed by atoms with Gasteiger partial charge >= 0.3 is 0 Å². The average molecular weight is 251 g/mol. The summed E-state index contributed by atoms with van der Waals surface area (Å²) in [5, 5.41) is 10.6. The van der Waals surface area contributed by atoms with Gasteiger partial charge in [0, 0.05) is 18.1 Å². The van der Waals surface area contributed by atoms with E-state index in [1.165, 1.54) is 18.2 Å². The van der Waals surface area contributed by atoms with E-state index in [0.717, 1.165) is 6.42 Å². The summed E-state index contributed by atoms with van der Waals surface area (Å²) in [6, 6.07) is 4.33. The fraction of sp³-hybridized carbons (Fsp3) is 0.462. The number of ether oxygens (including phenoxy) is 1. The molecule has 0 aliphatic carbocycles. The normalized spacial score (nSPS) is 11.9. The zero-order chi connectivity index (χ0) is 13.7. The molecule has 0 aliphatic rings. The number of carbonyl (C=O) groups excluding carboxylic acids is 1. The number of nitrogens with zero attached hydrogens (tertiary/aromatic N) is 1. The minimum absolute atomic E-state index is 0.00760. The van der Waals surface area contributed by atoms with Crippen molar-refractivity contribution in [2.45, 2.75) is 27.2 Å². The maximum Gasteiger partial charge on any atom is 0.269 e. The second kappa shape index (κ2) is 6.14. The van der Waals surface area contributed by atoms with Gasteiger partial charge in [0.2, 0.25) is 0 Å². The van der Waals surface area contributed by atoms with Crippen molar-refractivity contribution in [2.24, 2.45) is 5.92 Å². The van der Waals surface area contributed by atoms with Gasteiger partial charge in [-0.1, -0.05) is 13.8 Å². The molecular formula is C13H17NO4. The third-order valence-electron chi connectivity index (χ3n) is 2.90. The first kappa shape index (κ1) is 14.2. The van der Waals surface area contributed by atoms with Crippen LogP contribution in [-0.2, 0) is 4.79 Å². The smallest absolute Gasteiger partial charge is 0.269 e. The molecule has 0 aliphatic heterocycles. The van der Waals surface area contributed by atoms with Crippen LogP contribution < -0.4 is 4.74 Å². The quantitative estimate of drug-likeness (QED) is 0.575. The Morgan fingerprint density at radius 2 is 2.17 bits per heavy atom. The lowest BCUT2D eigenvalue weighted by Crippen LogP contribution is -2.18. The highest BCUT2D eigenvalue weighted by atomic mass is 16.6. The van der Waals surface area contributed by atoms with Crippen LogP contribution in [0.3, 0.4) is 0 Å². The van der Waals surface area contributed by atoms with E-state index in [4.69, 9.17) is 4.74 Å². The summed E-state index contributed by atoms with van der Waals surface area (Å²) in [6.45, 7) is 5.53. The summed E-state index contributed by atoms with van der Waals surface area (Å²) in [6.07, 6.45) is 0.779. The van der Waals surface area contributed by atoms with Crippen LogP contribution in [0.4, 0.5) is 5.69 Å². The molecule has 1 atom stereocenters. The van der Waals surface area contributed by atoms with Crippen LogP contribution in [0.1, 0.15) is 25.8 Å². The number of non-ortho nitro benzene ring substituents is 1. The van der Waals surface area contributed by atoms with Gasteiger partial charge in [-0.3, -0.25) is 14.9 Å². The Balaban J connectivity index is 2.69. The first-order valence-corrected chi connectivity index (χ1v) is 5.86. The van der Waals surface area contributed by atoms with Crippen molar-refractivity contribution in [1.29, 1.82) is 0 Å². The highest BCUT2D eigenvalue weighted by Crippen LogP contribution is 2.23. The molecule has 0 aromatic heterocycles. The van der Waals surface area contributed by atoms with Crippen molar-refractivity contribution in [3.63, 3.8) is 0 Å². The largest absolute Gasteiger partial charge is 0.486 e. The van der Waals surface area contributed by atoms with Gasteiger partial charge in [-0.15, -0.1) is 0 Å². The topological polar surface area (TPSA) is 69.4 Å². The van der Waals surface area contributed by atoms with Crippen LogP contribution in [0.15, 0.2) is 18.2 Å². The number of rotatable bonds is 6. The minimum atomic E-state index is -0.457. The van der Waals surface area contributed by atoms with Crippen molar-refractivity contribution in [1.82, 2.24) is 0 Å². The number of ketones is 1. The van der Waals surface area contributed by atoms with E-state index in [2.05, 4.69) is 0 Å². The summed E-state index contributed by atoms with van der Waals surface area (Å²) >= 11 is 0. The van der Waals surface area contributed by atoms with E-state index in [0.29, 0.717) is 11.3 Å². The second-order valence-corrected chi connectivity index (χ2v) is 4.27. The van der Waals surface area contributed by atoms with Gasteiger partial charge in [-0.05, 0) is 25.0 Å². The van der Waals surface area contributed by atoms with Crippen LogP contribution in [-0.4, -0.2) is 17.3 Å². The van der Waals surface area contributed by atoms with Crippen LogP contribution in [0.5, 0.6) is 5.75 Å². The Hall–Kier alpha value is -1.91. The Morgan fingerprint density at radius 1 is 1.50 bits per heavy atom. The fourth-order valence-corrected chi connectivity index (χ4v) is 1.43. The van der Waals surface area contributed by atoms with Crippen LogP contribution in [0.25, 0.3) is 0 Å². The zero-order valence-corrected chi connectivity index (χ0v) is 10.8. The highest BCUT2D eigenvalue weighted by Gasteiger charge is 2.13. The molecule has 1 aromatic rings. The molecule has 0 saturated heterocycles. The number of nitro benzene ring substituents is 1. The number of benzene rings is 1. The second-order valence-electron chi connectivity index (χ2n) is 4.27. The fourth-order valence-electron chi connectivity index (χ4n) is 1.43. The summed E-state index contributed by atoms with van der Waals surface area (Å²) in [7, 11) is 0. The molecule has 98 valence electrons. The standard InChI is InChI=1S/C13H17NO4/c1-4-9(2)12(15)8-18-13-6-5-11(14(16)17)7-10(13)3/h5-7,9H,4,8H2,1-3H3. The van der Waals surface area contributed by atoms with Gasteiger partial charge in [0.1, 0.15) is 12.4 Å². The average Bonchev–Trinajstić information content (AvgIpc) is 2.35. The first-order valence-electron chi connectivity index (χ1n) is 5.86.